The molecule has 1 saturated carbocycles. The number of hydrogen-bond acceptors (Lipinski definition) is 2. The van der Waals surface area contributed by atoms with Crippen molar-refractivity contribution in [1.29, 1.82) is 0 Å². The van der Waals surface area contributed by atoms with Crippen LogP contribution >= 0.6 is 0 Å². The molecule has 0 aromatic heterocycles. The van der Waals surface area contributed by atoms with Gasteiger partial charge in [0.25, 0.3) is 0 Å². The maximum Gasteiger partial charge on any atom is 0.0306 e. The summed E-state index contributed by atoms with van der Waals surface area (Å²) in [5, 5.41) is 3.58. The Morgan fingerprint density at radius 3 is 2.21 bits per heavy atom. The molecule has 1 aliphatic carbocycles. The third kappa shape index (κ3) is 2.29. The van der Waals surface area contributed by atoms with E-state index in [1.165, 1.54) is 64.6 Å². The van der Waals surface area contributed by atoms with Crippen LogP contribution in [0.1, 0.15) is 44.9 Å². The average Bonchev–Trinajstić information content (AvgIpc) is 2.69. The summed E-state index contributed by atoms with van der Waals surface area (Å²) in [7, 11) is 2.15. The maximum absolute atomic E-state index is 3.58. The van der Waals surface area contributed by atoms with Gasteiger partial charge < -0.3 is 10.2 Å². The van der Waals surface area contributed by atoms with E-state index < -0.39 is 0 Å². The number of nitrogens with zero attached hydrogens (tertiary/aromatic N) is 1. The second-order valence-electron chi connectivity index (χ2n) is 5.07. The van der Waals surface area contributed by atoms with Crippen molar-refractivity contribution >= 4 is 0 Å². The second kappa shape index (κ2) is 4.63. The fourth-order valence-electron chi connectivity index (χ4n) is 3.08. The quantitative estimate of drug-likeness (QED) is 0.743. The van der Waals surface area contributed by atoms with E-state index in [-0.39, 0.29) is 0 Å². The van der Waals surface area contributed by atoms with Crippen molar-refractivity contribution in [2.75, 3.05) is 26.7 Å². The van der Waals surface area contributed by atoms with Crippen LogP contribution in [-0.2, 0) is 0 Å². The molecule has 0 unspecified atom stereocenters. The van der Waals surface area contributed by atoms with Crippen LogP contribution in [0.3, 0.4) is 0 Å². The fraction of sp³-hybridized carbons (Fsp3) is 1.00. The van der Waals surface area contributed by atoms with Gasteiger partial charge in [0.1, 0.15) is 0 Å². The van der Waals surface area contributed by atoms with Crippen LogP contribution in [0.25, 0.3) is 0 Å². The molecule has 0 spiro atoms. The minimum absolute atomic E-state index is 0.470. The van der Waals surface area contributed by atoms with Gasteiger partial charge in [-0.3, -0.25) is 0 Å². The molecule has 2 nitrogen and oxygen atoms in total. The Kier molecular flexibility index (Phi) is 3.45. The van der Waals surface area contributed by atoms with Gasteiger partial charge in [0, 0.05) is 12.1 Å². The first-order valence-electron chi connectivity index (χ1n) is 6.26. The molecule has 2 rings (SSSR count). The number of nitrogens with one attached hydrogen (secondary N) is 1. The Balaban J connectivity index is 1.86. The molecule has 2 heteroatoms. The summed E-state index contributed by atoms with van der Waals surface area (Å²) in [4.78, 5) is 2.67. The van der Waals surface area contributed by atoms with E-state index in [0.717, 1.165) is 0 Å². The first-order chi connectivity index (χ1) is 6.85. The van der Waals surface area contributed by atoms with Gasteiger partial charge in [0.15, 0.2) is 0 Å². The van der Waals surface area contributed by atoms with Crippen LogP contribution in [-0.4, -0.2) is 37.1 Å². The van der Waals surface area contributed by atoms with Crippen molar-refractivity contribution in [2.24, 2.45) is 0 Å². The lowest BCUT2D eigenvalue weighted by Crippen LogP contribution is -2.51. The molecular weight excluding hydrogens is 172 g/mol. The molecule has 1 aliphatic heterocycles. The molecular formula is C12H24N2. The molecule has 1 heterocycles. The smallest absolute Gasteiger partial charge is 0.0306 e. The molecule has 0 atom stereocenters. The molecule has 0 amide bonds. The van der Waals surface area contributed by atoms with Gasteiger partial charge >= 0.3 is 0 Å². The first kappa shape index (κ1) is 10.4. The third-order valence-electron chi connectivity index (χ3n) is 4.07. The fourth-order valence-corrected chi connectivity index (χ4v) is 3.08. The van der Waals surface area contributed by atoms with Gasteiger partial charge in [-0.2, -0.15) is 0 Å². The highest BCUT2D eigenvalue weighted by atomic mass is 15.2. The van der Waals surface area contributed by atoms with E-state index in [0.29, 0.717) is 5.54 Å². The largest absolute Gasteiger partial charge is 0.313 e. The number of piperidine rings is 1. The molecule has 0 radical (unpaired) electrons. The number of hydrogen-bond donors (Lipinski definition) is 1. The first-order valence-corrected chi connectivity index (χ1v) is 6.26. The molecule has 0 aromatic carbocycles. The van der Waals surface area contributed by atoms with Gasteiger partial charge in [0.2, 0.25) is 0 Å². The van der Waals surface area contributed by atoms with Crippen molar-refractivity contribution < 1.29 is 0 Å². The maximum atomic E-state index is 3.58. The van der Waals surface area contributed by atoms with Crippen LogP contribution in [0.2, 0.25) is 0 Å². The molecule has 1 saturated heterocycles. The predicted molar refractivity (Wildman–Crippen MR) is 60.5 cm³/mol. The topological polar surface area (TPSA) is 15.3 Å². The van der Waals surface area contributed by atoms with E-state index in [9.17, 15) is 0 Å². The van der Waals surface area contributed by atoms with Crippen molar-refractivity contribution in [3.63, 3.8) is 0 Å². The molecule has 2 aliphatic rings. The third-order valence-corrected chi connectivity index (χ3v) is 4.07. The summed E-state index contributed by atoms with van der Waals surface area (Å²) in [5.41, 5.74) is 0.470. The average molecular weight is 196 g/mol. The summed E-state index contributed by atoms with van der Waals surface area (Å²) in [6, 6.07) is 0. The van der Waals surface area contributed by atoms with E-state index >= 15 is 0 Å². The van der Waals surface area contributed by atoms with Crippen LogP contribution in [0.5, 0.6) is 0 Å². The Morgan fingerprint density at radius 2 is 1.64 bits per heavy atom. The van der Waals surface area contributed by atoms with Gasteiger partial charge in [0.05, 0.1) is 0 Å². The van der Waals surface area contributed by atoms with Crippen LogP contribution in [0, 0.1) is 0 Å². The van der Waals surface area contributed by atoms with Crippen LogP contribution in [0.15, 0.2) is 0 Å². The highest BCUT2D eigenvalue weighted by Crippen LogP contribution is 2.30. The highest BCUT2D eigenvalue weighted by Gasteiger charge is 2.33. The zero-order chi connectivity index (χ0) is 9.86. The van der Waals surface area contributed by atoms with Crippen LogP contribution < -0.4 is 5.32 Å². The Morgan fingerprint density at radius 1 is 1.00 bits per heavy atom. The number of likely N-dealkylation sites (tertiary alicyclic amines) is 1. The van der Waals surface area contributed by atoms with Crippen molar-refractivity contribution in [3.8, 4) is 0 Å². The minimum Gasteiger partial charge on any atom is -0.313 e. The SMILES string of the molecule is CNC1(CN2CCCCC2)CCCC1. The lowest BCUT2D eigenvalue weighted by atomic mass is 9.96. The zero-order valence-corrected chi connectivity index (χ0v) is 9.52. The van der Waals surface area contributed by atoms with Gasteiger partial charge in [-0.1, -0.05) is 19.3 Å². The van der Waals surface area contributed by atoms with Crippen LogP contribution in [0.4, 0.5) is 0 Å². The van der Waals surface area contributed by atoms with E-state index in [4.69, 9.17) is 0 Å². The van der Waals surface area contributed by atoms with Gasteiger partial charge in [-0.25, -0.2) is 0 Å². The highest BCUT2D eigenvalue weighted by molar-refractivity contribution is 4.94. The van der Waals surface area contributed by atoms with Crippen molar-refractivity contribution in [2.45, 2.75) is 50.5 Å². The number of rotatable bonds is 3. The molecule has 14 heavy (non-hydrogen) atoms. The second-order valence-corrected chi connectivity index (χ2v) is 5.07. The zero-order valence-electron chi connectivity index (χ0n) is 9.52. The lowest BCUT2D eigenvalue weighted by molar-refractivity contribution is 0.162. The predicted octanol–water partition coefficient (Wildman–Crippen LogP) is 2.00. The monoisotopic (exact) mass is 196 g/mol. The number of likely N-dealkylation sites (N-methyl/N-ethyl adjacent to an activating group) is 1. The van der Waals surface area contributed by atoms with E-state index in [1.54, 1.807) is 0 Å². The Hall–Kier alpha value is -0.0800. The summed E-state index contributed by atoms with van der Waals surface area (Å²) in [6.07, 6.45) is 9.91. The summed E-state index contributed by atoms with van der Waals surface area (Å²) in [5.74, 6) is 0. The van der Waals surface area contributed by atoms with Gasteiger partial charge in [-0.15, -0.1) is 0 Å². The standard InChI is InChI=1S/C12H24N2/c1-13-12(7-3-4-8-12)11-14-9-5-2-6-10-14/h13H,2-11H2,1H3. The van der Waals surface area contributed by atoms with Gasteiger partial charge in [-0.05, 0) is 45.8 Å². The summed E-state index contributed by atoms with van der Waals surface area (Å²) < 4.78 is 0. The molecule has 2 fully saturated rings. The Bertz CT molecular complexity index is 167. The lowest BCUT2D eigenvalue weighted by Gasteiger charge is -2.37. The molecule has 0 aromatic rings. The minimum atomic E-state index is 0.470. The molecule has 82 valence electrons. The van der Waals surface area contributed by atoms with Crippen molar-refractivity contribution in [1.82, 2.24) is 10.2 Å². The summed E-state index contributed by atoms with van der Waals surface area (Å²) in [6.45, 7) is 3.97. The summed E-state index contributed by atoms with van der Waals surface area (Å²) >= 11 is 0. The van der Waals surface area contributed by atoms with Crippen molar-refractivity contribution in [3.05, 3.63) is 0 Å². The van der Waals surface area contributed by atoms with E-state index in [1.807, 2.05) is 0 Å². The van der Waals surface area contributed by atoms with E-state index in [2.05, 4.69) is 17.3 Å². The normalized spacial score (nSPS) is 28.1. The molecule has 0 bridgehead atoms. The Labute approximate surface area is 88.1 Å². The molecule has 1 N–H and O–H groups in total.